The third-order valence-electron chi connectivity index (χ3n) is 4.57. The van der Waals surface area contributed by atoms with E-state index in [1.165, 1.54) is 6.42 Å². The predicted octanol–water partition coefficient (Wildman–Crippen LogP) is 3.66. The van der Waals surface area contributed by atoms with E-state index in [0.717, 1.165) is 36.8 Å². The second kappa shape index (κ2) is 7.01. The minimum absolute atomic E-state index is 0.135. The van der Waals surface area contributed by atoms with Crippen molar-refractivity contribution in [2.24, 2.45) is 0 Å². The lowest BCUT2D eigenvalue weighted by molar-refractivity contribution is 0.261. The molecule has 2 rings (SSSR count). The van der Waals surface area contributed by atoms with Gasteiger partial charge in [-0.15, -0.1) is 0 Å². The third-order valence-corrected chi connectivity index (χ3v) is 6.74. The Morgan fingerprint density at radius 1 is 1.14 bits per heavy atom. The van der Waals surface area contributed by atoms with E-state index in [1.54, 1.807) is 17.5 Å². The molecule has 0 aromatic heterocycles. The van der Waals surface area contributed by atoms with E-state index in [-0.39, 0.29) is 6.04 Å². The SMILES string of the molecule is CCN(C1CCCCC1)S(=O)(=O)c1cc(OC)c(C)cc1C. The van der Waals surface area contributed by atoms with Crippen molar-refractivity contribution in [1.82, 2.24) is 4.31 Å². The maximum atomic E-state index is 13.1. The zero-order valence-electron chi connectivity index (χ0n) is 14.1. The minimum atomic E-state index is -3.48. The van der Waals surface area contributed by atoms with Crippen LogP contribution in [0, 0.1) is 13.8 Å². The Morgan fingerprint density at radius 3 is 2.32 bits per heavy atom. The Morgan fingerprint density at radius 2 is 1.77 bits per heavy atom. The second-order valence-electron chi connectivity index (χ2n) is 6.09. The molecule has 0 aliphatic heterocycles. The van der Waals surface area contributed by atoms with Crippen LogP contribution in [0.5, 0.6) is 5.75 Å². The Balaban J connectivity index is 2.43. The highest BCUT2D eigenvalue weighted by molar-refractivity contribution is 7.89. The molecular formula is C17H27NO3S. The summed E-state index contributed by atoms with van der Waals surface area (Å²) < 4.78 is 33.3. The summed E-state index contributed by atoms with van der Waals surface area (Å²) in [6, 6.07) is 3.70. The first kappa shape index (κ1) is 17.3. The molecule has 0 bridgehead atoms. The maximum Gasteiger partial charge on any atom is 0.243 e. The van der Waals surface area contributed by atoms with Gasteiger partial charge in [0.25, 0.3) is 0 Å². The van der Waals surface area contributed by atoms with E-state index < -0.39 is 10.0 Å². The molecule has 0 amide bonds. The third kappa shape index (κ3) is 3.30. The zero-order valence-corrected chi connectivity index (χ0v) is 14.9. The Kier molecular flexibility index (Phi) is 5.50. The highest BCUT2D eigenvalue weighted by atomic mass is 32.2. The van der Waals surface area contributed by atoms with Gasteiger partial charge in [0.05, 0.1) is 12.0 Å². The van der Waals surface area contributed by atoms with Crippen molar-refractivity contribution in [2.45, 2.75) is 63.8 Å². The number of aryl methyl sites for hydroxylation is 2. The predicted molar refractivity (Wildman–Crippen MR) is 88.9 cm³/mol. The molecule has 0 spiro atoms. The fourth-order valence-corrected chi connectivity index (χ4v) is 5.35. The first-order valence-corrected chi connectivity index (χ1v) is 9.53. The first-order chi connectivity index (χ1) is 10.4. The summed E-state index contributed by atoms with van der Waals surface area (Å²) in [4.78, 5) is 0.377. The van der Waals surface area contributed by atoms with Crippen molar-refractivity contribution in [1.29, 1.82) is 0 Å². The number of hydrogen-bond donors (Lipinski definition) is 0. The van der Waals surface area contributed by atoms with Crippen molar-refractivity contribution in [3.8, 4) is 5.75 Å². The van der Waals surface area contributed by atoms with Crippen molar-refractivity contribution in [3.63, 3.8) is 0 Å². The number of sulfonamides is 1. The van der Waals surface area contributed by atoms with Gasteiger partial charge in [0, 0.05) is 18.7 Å². The number of benzene rings is 1. The van der Waals surface area contributed by atoms with Gasteiger partial charge in [-0.2, -0.15) is 4.31 Å². The van der Waals surface area contributed by atoms with E-state index in [4.69, 9.17) is 4.74 Å². The molecule has 124 valence electrons. The number of ether oxygens (including phenoxy) is 1. The Labute approximate surface area is 134 Å². The van der Waals surface area contributed by atoms with Gasteiger partial charge in [0.15, 0.2) is 0 Å². The lowest BCUT2D eigenvalue weighted by atomic mass is 9.95. The van der Waals surface area contributed by atoms with Crippen LogP contribution in [-0.2, 0) is 10.0 Å². The van der Waals surface area contributed by atoms with Gasteiger partial charge in [-0.05, 0) is 37.8 Å². The molecule has 1 saturated carbocycles. The summed E-state index contributed by atoms with van der Waals surface area (Å²) in [6.07, 6.45) is 5.38. The molecule has 0 radical (unpaired) electrons. The molecule has 22 heavy (non-hydrogen) atoms. The van der Waals surface area contributed by atoms with E-state index in [2.05, 4.69) is 0 Å². The molecule has 5 heteroatoms. The van der Waals surface area contributed by atoms with E-state index in [9.17, 15) is 8.42 Å². The average Bonchev–Trinajstić information content (AvgIpc) is 2.48. The van der Waals surface area contributed by atoms with Crippen molar-refractivity contribution < 1.29 is 13.2 Å². The fourth-order valence-electron chi connectivity index (χ4n) is 3.43. The van der Waals surface area contributed by atoms with Crippen LogP contribution in [0.25, 0.3) is 0 Å². The smallest absolute Gasteiger partial charge is 0.243 e. The molecule has 1 aliphatic carbocycles. The van der Waals surface area contributed by atoms with Gasteiger partial charge in [-0.1, -0.05) is 32.3 Å². The van der Waals surface area contributed by atoms with Gasteiger partial charge in [0.2, 0.25) is 10.0 Å². The van der Waals surface area contributed by atoms with E-state index in [1.807, 2.05) is 26.8 Å². The topological polar surface area (TPSA) is 46.6 Å². The number of rotatable bonds is 5. The molecular weight excluding hydrogens is 298 g/mol. The van der Waals surface area contributed by atoms with Gasteiger partial charge in [-0.25, -0.2) is 8.42 Å². The molecule has 4 nitrogen and oxygen atoms in total. The molecule has 0 N–H and O–H groups in total. The van der Waals surface area contributed by atoms with Gasteiger partial charge in [0.1, 0.15) is 5.75 Å². The molecule has 0 saturated heterocycles. The number of nitrogens with zero attached hydrogens (tertiary/aromatic N) is 1. The van der Waals surface area contributed by atoms with Crippen molar-refractivity contribution >= 4 is 10.0 Å². The van der Waals surface area contributed by atoms with E-state index >= 15 is 0 Å². The largest absolute Gasteiger partial charge is 0.496 e. The summed E-state index contributed by atoms with van der Waals surface area (Å²) in [6.45, 7) is 6.23. The number of methoxy groups -OCH3 is 1. The van der Waals surface area contributed by atoms with Crippen LogP contribution in [0.3, 0.4) is 0 Å². The zero-order chi connectivity index (χ0) is 16.3. The molecule has 0 heterocycles. The molecule has 1 aromatic rings. The fraction of sp³-hybridized carbons (Fsp3) is 0.647. The van der Waals surface area contributed by atoms with Gasteiger partial charge < -0.3 is 4.74 Å². The monoisotopic (exact) mass is 325 g/mol. The van der Waals surface area contributed by atoms with Crippen LogP contribution in [-0.4, -0.2) is 32.4 Å². The van der Waals surface area contributed by atoms with Crippen LogP contribution in [0.1, 0.15) is 50.2 Å². The highest BCUT2D eigenvalue weighted by Gasteiger charge is 2.32. The van der Waals surface area contributed by atoms with Crippen LogP contribution < -0.4 is 4.74 Å². The summed E-state index contributed by atoms with van der Waals surface area (Å²) in [5.74, 6) is 0.629. The summed E-state index contributed by atoms with van der Waals surface area (Å²) in [5.41, 5.74) is 1.74. The summed E-state index contributed by atoms with van der Waals surface area (Å²) in [5, 5.41) is 0. The van der Waals surface area contributed by atoms with Crippen LogP contribution in [0.4, 0.5) is 0 Å². The quantitative estimate of drug-likeness (QED) is 0.830. The lowest BCUT2D eigenvalue weighted by Crippen LogP contribution is -2.41. The Bertz CT molecular complexity index is 619. The minimum Gasteiger partial charge on any atom is -0.496 e. The van der Waals surface area contributed by atoms with Gasteiger partial charge in [-0.3, -0.25) is 0 Å². The molecule has 1 aliphatic rings. The average molecular weight is 325 g/mol. The van der Waals surface area contributed by atoms with Gasteiger partial charge >= 0.3 is 0 Å². The number of hydrogen-bond acceptors (Lipinski definition) is 3. The molecule has 0 unspecified atom stereocenters. The summed E-state index contributed by atoms with van der Waals surface area (Å²) in [7, 11) is -1.90. The Hall–Kier alpha value is -1.07. The van der Waals surface area contributed by atoms with E-state index in [0.29, 0.717) is 17.2 Å². The lowest BCUT2D eigenvalue weighted by Gasteiger charge is -2.33. The molecule has 1 fully saturated rings. The maximum absolute atomic E-state index is 13.1. The second-order valence-corrected chi connectivity index (χ2v) is 7.95. The van der Waals surface area contributed by atoms with Crippen LogP contribution in [0.2, 0.25) is 0 Å². The van der Waals surface area contributed by atoms with Crippen molar-refractivity contribution in [2.75, 3.05) is 13.7 Å². The van der Waals surface area contributed by atoms with Crippen LogP contribution >= 0.6 is 0 Å². The first-order valence-electron chi connectivity index (χ1n) is 8.09. The van der Waals surface area contributed by atoms with Crippen molar-refractivity contribution in [3.05, 3.63) is 23.3 Å². The normalized spacial score (nSPS) is 17.0. The standard InChI is InChI=1S/C17H27NO3S/c1-5-18(15-9-7-6-8-10-15)22(19,20)17-12-16(21-4)13(2)11-14(17)3/h11-12,15H,5-10H2,1-4H3. The van der Waals surface area contributed by atoms with Crippen LogP contribution in [0.15, 0.2) is 17.0 Å². The summed E-state index contributed by atoms with van der Waals surface area (Å²) >= 11 is 0. The highest BCUT2D eigenvalue weighted by Crippen LogP contribution is 2.32. The molecule has 0 atom stereocenters. The molecule has 1 aromatic carbocycles.